The lowest BCUT2D eigenvalue weighted by Crippen LogP contribution is -2.51. The molecule has 82 heavy (non-hydrogen) atoms. The molecule has 2 aliphatic heterocycles. The molecule has 2 aromatic heterocycles. The summed E-state index contributed by atoms with van der Waals surface area (Å²) in [7, 11) is 0. The third-order valence-electron chi connectivity index (χ3n) is 19.8. The van der Waals surface area contributed by atoms with Crippen molar-refractivity contribution in [2.75, 3.05) is 13.1 Å². The van der Waals surface area contributed by atoms with Gasteiger partial charge in [0.1, 0.15) is 40.9 Å². The van der Waals surface area contributed by atoms with Gasteiger partial charge in [-0.15, -0.1) is 0 Å². The lowest BCUT2D eigenvalue weighted by atomic mass is 9.64. The lowest BCUT2D eigenvalue weighted by Gasteiger charge is -2.39. The zero-order valence-electron chi connectivity index (χ0n) is 48.5. The van der Waals surface area contributed by atoms with Crippen LogP contribution in [0.4, 0.5) is 9.59 Å². The number of carbonyl (C=O) groups excluding carboxylic acids is 4. The summed E-state index contributed by atoms with van der Waals surface area (Å²) in [5, 5.41) is 5.73. The van der Waals surface area contributed by atoms with E-state index in [1.54, 1.807) is 36.4 Å². The van der Waals surface area contributed by atoms with Crippen molar-refractivity contribution in [3.8, 4) is 34.6 Å². The highest BCUT2D eigenvalue weighted by Crippen LogP contribution is 2.67. The normalized spacial score (nSPS) is 23.9. The van der Waals surface area contributed by atoms with E-state index >= 15 is 0 Å². The fraction of sp³-hybridized carbons (Fsp3) is 0.500. The van der Waals surface area contributed by atoms with Crippen LogP contribution in [0.15, 0.2) is 103 Å². The smallest absolute Gasteiger partial charge is 0.410 e. The van der Waals surface area contributed by atoms with E-state index in [2.05, 4.69) is 63.7 Å². The largest absolute Gasteiger partial charge is 0.413 e. The molecule has 428 valence electrons. The SMILES string of the molecule is CC(C)C(NC(=O)Oc1ccccc1)C(=O)N1CCC[C@H]1c1ncc(-c2ccc(C3=CC=C(C#Cc4cnc([C@H]5CCCN5C(=O)[C@@H](NC(=O)Oc5ccccc5)C(C)C)[nH]4)C4CC5(CCCC5)CC34C)c3c2CC2(CCCCC2)C3)[nH]1. The molecule has 5 fully saturated rings. The van der Waals surface area contributed by atoms with Crippen LogP contribution in [0.1, 0.15) is 177 Å². The van der Waals surface area contributed by atoms with E-state index in [1.165, 1.54) is 91.2 Å². The number of nitrogens with zero attached hydrogens (tertiary/aromatic N) is 4. The number of hydrogen-bond donors (Lipinski definition) is 4. The third-order valence-corrected chi connectivity index (χ3v) is 19.8. The summed E-state index contributed by atoms with van der Waals surface area (Å²) < 4.78 is 11.1. The quantitative estimate of drug-likeness (QED) is 0.0893. The van der Waals surface area contributed by atoms with E-state index in [0.717, 1.165) is 68.6 Å². The number of carbonyl (C=O) groups is 4. The number of ether oxygens (including phenoxy) is 2. The number of H-pyrrole nitrogens is 2. The molecule has 0 radical (unpaired) electrons. The van der Waals surface area contributed by atoms with Crippen LogP contribution in [0, 0.1) is 45.8 Å². The molecule has 3 unspecified atom stereocenters. The molecule has 0 bridgehead atoms. The van der Waals surface area contributed by atoms with Gasteiger partial charge in [0.25, 0.3) is 0 Å². The number of likely N-dealkylation sites (tertiary alicyclic amines) is 2. The van der Waals surface area contributed by atoms with E-state index in [1.807, 2.05) is 74.2 Å². The Morgan fingerprint density at radius 1 is 0.622 bits per heavy atom. The fourth-order valence-corrected chi connectivity index (χ4v) is 15.8. The maximum absolute atomic E-state index is 14.4. The van der Waals surface area contributed by atoms with Crippen LogP contribution < -0.4 is 20.1 Å². The molecule has 3 aromatic carbocycles. The number of benzene rings is 3. The first kappa shape index (κ1) is 55.2. The van der Waals surface area contributed by atoms with Crippen LogP contribution in [0.3, 0.4) is 0 Å². The van der Waals surface area contributed by atoms with Gasteiger partial charge in [-0.1, -0.05) is 127 Å². The van der Waals surface area contributed by atoms with E-state index in [9.17, 15) is 19.2 Å². The van der Waals surface area contributed by atoms with Crippen LogP contribution in [0.5, 0.6) is 11.5 Å². The molecule has 4 N–H and O–H groups in total. The first-order valence-corrected chi connectivity index (χ1v) is 30.6. The van der Waals surface area contributed by atoms with Crippen LogP contribution in [-0.4, -0.2) is 78.9 Å². The number of fused-ring (bicyclic) bond motifs is 2. The van der Waals surface area contributed by atoms with Crippen molar-refractivity contribution in [2.45, 2.75) is 168 Å². The van der Waals surface area contributed by atoms with Gasteiger partial charge in [-0.25, -0.2) is 19.6 Å². The number of rotatable bonds is 12. The molecular formula is C68H80N8O6. The molecule has 3 saturated carbocycles. The molecule has 14 heteroatoms. The summed E-state index contributed by atoms with van der Waals surface area (Å²) >= 11 is 0. The van der Waals surface area contributed by atoms with Crippen molar-refractivity contribution >= 4 is 29.6 Å². The fourth-order valence-electron chi connectivity index (χ4n) is 15.8. The van der Waals surface area contributed by atoms with Crippen molar-refractivity contribution in [1.29, 1.82) is 0 Å². The summed E-state index contributed by atoms with van der Waals surface area (Å²) in [5.41, 5.74) is 10.3. The maximum Gasteiger partial charge on any atom is 0.413 e. The molecule has 5 aromatic rings. The number of imidazole rings is 2. The first-order valence-electron chi connectivity index (χ1n) is 30.6. The lowest BCUT2D eigenvalue weighted by molar-refractivity contribution is -0.136. The van der Waals surface area contributed by atoms with Gasteiger partial charge >= 0.3 is 12.2 Å². The van der Waals surface area contributed by atoms with Gasteiger partial charge in [0.05, 0.1) is 30.2 Å². The van der Waals surface area contributed by atoms with E-state index in [0.29, 0.717) is 30.4 Å². The second kappa shape index (κ2) is 22.7. The van der Waals surface area contributed by atoms with Crippen molar-refractivity contribution in [3.05, 3.63) is 137 Å². The maximum atomic E-state index is 14.4. The number of nitrogens with one attached hydrogen (secondary N) is 4. The Morgan fingerprint density at radius 3 is 1.73 bits per heavy atom. The molecule has 14 nitrogen and oxygen atoms in total. The highest BCUT2D eigenvalue weighted by molar-refractivity contribution is 5.88. The average molecular weight is 1110 g/mol. The van der Waals surface area contributed by atoms with E-state index < -0.39 is 24.3 Å². The molecule has 2 spiro atoms. The Labute approximate surface area is 483 Å². The molecule has 2 saturated heterocycles. The Bertz CT molecular complexity index is 3330. The first-order chi connectivity index (χ1) is 39.7. The number of allylic oxidation sites excluding steroid dienone is 4. The zero-order chi connectivity index (χ0) is 56.8. The van der Waals surface area contributed by atoms with Crippen molar-refractivity contribution in [2.24, 2.45) is 34.0 Å². The molecule has 6 atom stereocenters. The topological polar surface area (TPSA) is 175 Å². The van der Waals surface area contributed by atoms with Crippen molar-refractivity contribution in [3.63, 3.8) is 0 Å². The molecule has 7 aliphatic rings. The number of aromatic amines is 2. The summed E-state index contributed by atoms with van der Waals surface area (Å²) in [6.45, 7) is 11.5. The Kier molecular flexibility index (Phi) is 15.3. The number of hydrogen-bond acceptors (Lipinski definition) is 8. The average Bonchev–Trinajstić information content (AvgIpc) is 2.73. The molecule has 5 aliphatic carbocycles. The molecule has 4 heterocycles. The monoisotopic (exact) mass is 1100 g/mol. The summed E-state index contributed by atoms with van der Waals surface area (Å²) in [6.07, 6.45) is 26.3. The van der Waals surface area contributed by atoms with Crippen molar-refractivity contribution < 1.29 is 28.7 Å². The van der Waals surface area contributed by atoms with Gasteiger partial charge in [0.15, 0.2) is 0 Å². The minimum atomic E-state index is -0.758. The second-order valence-electron chi connectivity index (χ2n) is 25.9. The van der Waals surface area contributed by atoms with Gasteiger partial charge in [-0.2, -0.15) is 0 Å². The summed E-state index contributed by atoms with van der Waals surface area (Å²) in [6, 6.07) is 20.6. The third kappa shape index (κ3) is 10.8. The predicted molar refractivity (Wildman–Crippen MR) is 316 cm³/mol. The van der Waals surface area contributed by atoms with Gasteiger partial charge in [0, 0.05) is 35.6 Å². The Balaban J connectivity index is 0.813. The number of aromatic nitrogens is 4. The Hall–Kier alpha value is -7.40. The summed E-state index contributed by atoms with van der Waals surface area (Å²) in [4.78, 5) is 75.6. The zero-order valence-corrected chi connectivity index (χ0v) is 48.5. The van der Waals surface area contributed by atoms with Crippen LogP contribution in [-0.2, 0) is 22.4 Å². The van der Waals surface area contributed by atoms with Crippen LogP contribution in [0.2, 0.25) is 0 Å². The highest BCUT2D eigenvalue weighted by atomic mass is 16.6. The van der Waals surface area contributed by atoms with Gasteiger partial charge in [0.2, 0.25) is 11.8 Å². The van der Waals surface area contributed by atoms with Gasteiger partial charge in [-0.05, 0) is 158 Å². The molecule has 12 rings (SSSR count). The van der Waals surface area contributed by atoms with Gasteiger partial charge in [-0.3, -0.25) is 9.59 Å². The van der Waals surface area contributed by atoms with E-state index in [-0.39, 0.29) is 57.9 Å². The summed E-state index contributed by atoms with van der Waals surface area (Å²) in [5.74, 6) is 9.25. The van der Waals surface area contributed by atoms with Gasteiger partial charge < -0.3 is 39.9 Å². The Morgan fingerprint density at radius 2 is 1.15 bits per heavy atom. The minimum absolute atomic E-state index is 0.111. The van der Waals surface area contributed by atoms with E-state index in [4.69, 9.17) is 19.4 Å². The predicted octanol–water partition coefficient (Wildman–Crippen LogP) is 13.2. The van der Waals surface area contributed by atoms with Crippen LogP contribution in [0.25, 0.3) is 16.8 Å². The molecular weight excluding hydrogens is 1020 g/mol. The van der Waals surface area contributed by atoms with Crippen molar-refractivity contribution in [1.82, 2.24) is 40.4 Å². The second-order valence-corrected chi connectivity index (χ2v) is 25.9. The number of para-hydroxylation sites is 2. The standard InChI is InChI=1S/C68H80N8O6/c1-43(2)58(73-64(79)81-47-19-9-6-10-20-47)62(77)75-35-17-23-56(75)60-69-40-46(71-60)27-25-45-26-30-53(66(5)42-68(39-54(45)66)33-15-16-34-68)49-28-29-50(52-38-67(37-51(49)52)31-13-8-14-32-67)55-41-70-61(72-55)57-24-18-36-76(57)63(78)59(44(3)4)74-65(80)82-48-21-11-7-12-22-48/h6-7,9-12,19-22,26,28-30,40-41,43-44,54,56-59H,8,13-18,23-24,31-39,42H2,1-5H3,(H,69,71)(H,70,72)(H,73,79)(H,74,80)/t54?,56-,57+,58+,59?,66?/m1/s1. The minimum Gasteiger partial charge on any atom is -0.410 e. The number of amides is 4. The van der Waals surface area contributed by atoms with Crippen LogP contribution >= 0.6 is 0 Å². The highest BCUT2D eigenvalue weighted by Gasteiger charge is 2.57. The molecule has 4 amide bonds.